The van der Waals surface area contributed by atoms with Crippen LogP contribution in [0, 0.1) is 0 Å². The lowest BCUT2D eigenvalue weighted by molar-refractivity contribution is -0.154. The van der Waals surface area contributed by atoms with Crippen LogP contribution in [0.5, 0.6) is 0 Å². The average Bonchev–Trinajstić information content (AvgIpc) is 3.37. The van der Waals surface area contributed by atoms with Crippen molar-refractivity contribution in [3.8, 4) is 5.69 Å². The van der Waals surface area contributed by atoms with E-state index in [1.807, 2.05) is 60.5 Å². The molecule has 1 aromatic heterocycles. The lowest BCUT2D eigenvalue weighted by Crippen LogP contribution is -2.51. The molecule has 0 bridgehead atoms. The van der Waals surface area contributed by atoms with Crippen molar-refractivity contribution in [1.29, 1.82) is 0 Å². The number of fused-ring (bicyclic) bond motifs is 1. The van der Waals surface area contributed by atoms with E-state index in [1.165, 1.54) is 13.4 Å². The molecule has 166 valence electrons. The maximum atomic E-state index is 13.3. The van der Waals surface area contributed by atoms with Crippen molar-refractivity contribution in [2.24, 2.45) is 0 Å². The number of esters is 1. The van der Waals surface area contributed by atoms with Crippen LogP contribution in [0.4, 0.5) is 0 Å². The van der Waals surface area contributed by atoms with Gasteiger partial charge in [-0.15, -0.1) is 0 Å². The molecule has 0 fully saturated rings. The van der Waals surface area contributed by atoms with Gasteiger partial charge in [-0.3, -0.25) is 9.69 Å². The van der Waals surface area contributed by atoms with E-state index in [4.69, 9.17) is 4.74 Å². The second-order valence-corrected chi connectivity index (χ2v) is 8.06. The zero-order chi connectivity index (χ0) is 22.7. The molecule has 32 heavy (non-hydrogen) atoms. The first-order chi connectivity index (χ1) is 15.5. The number of methoxy groups -OCH3 is 1. The van der Waals surface area contributed by atoms with E-state index in [-0.39, 0.29) is 24.5 Å². The second-order valence-electron chi connectivity index (χ2n) is 8.06. The van der Waals surface area contributed by atoms with E-state index in [2.05, 4.69) is 17.0 Å². The van der Waals surface area contributed by atoms with Gasteiger partial charge in [-0.25, -0.2) is 14.5 Å². The van der Waals surface area contributed by atoms with Crippen LogP contribution in [0.1, 0.15) is 29.7 Å². The summed E-state index contributed by atoms with van der Waals surface area (Å²) < 4.78 is 6.69. The van der Waals surface area contributed by atoms with E-state index in [0.717, 1.165) is 22.4 Å². The predicted octanol–water partition coefficient (Wildman–Crippen LogP) is 2.39. The molecule has 4 rings (SSSR count). The highest BCUT2D eigenvalue weighted by Crippen LogP contribution is 2.25. The standard InChI is InChI=1S/C24H27N5O3/c1-17(18-8-10-21(11-9-18)29-16-25-15-26-29)27(2)14-23(30)28-13-20-7-5-4-6-19(20)12-22(28)24(31)32-3/h4-11,15-17,22H,12-14H2,1-3H3. The van der Waals surface area contributed by atoms with Gasteiger partial charge in [-0.1, -0.05) is 36.4 Å². The maximum Gasteiger partial charge on any atom is 0.328 e. The average molecular weight is 434 g/mol. The van der Waals surface area contributed by atoms with E-state index in [9.17, 15) is 9.59 Å². The number of benzene rings is 2. The molecule has 2 atom stereocenters. The van der Waals surface area contributed by atoms with Crippen LogP contribution in [-0.4, -0.2) is 63.2 Å². The van der Waals surface area contributed by atoms with Gasteiger partial charge in [-0.05, 0) is 42.8 Å². The molecule has 8 nitrogen and oxygen atoms in total. The molecule has 2 heterocycles. The smallest absolute Gasteiger partial charge is 0.328 e. The van der Waals surface area contributed by atoms with Crippen molar-refractivity contribution < 1.29 is 14.3 Å². The number of carbonyl (C=O) groups excluding carboxylic acids is 2. The lowest BCUT2D eigenvalue weighted by atomic mass is 9.94. The summed E-state index contributed by atoms with van der Waals surface area (Å²) in [6, 6.07) is 15.3. The Hall–Kier alpha value is -3.52. The Bertz CT molecular complexity index is 1080. The summed E-state index contributed by atoms with van der Waals surface area (Å²) in [4.78, 5) is 33.3. The minimum atomic E-state index is -0.604. The van der Waals surface area contributed by atoms with Gasteiger partial charge in [0.1, 0.15) is 18.7 Å². The molecule has 0 radical (unpaired) electrons. The highest BCUT2D eigenvalue weighted by atomic mass is 16.5. The third kappa shape index (κ3) is 4.40. The van der Waals surface area contributed by atoms with Crippen LogP contribution in [0.15, 0.2) is 61.2 Å². The molecule has 0 aliphatic carbocycles. The molecule has 3 aromatic rings. The maximum absolute atomic E-state index is 13.3. The monoisotopic (exact) mass is 433 g/mol. The molecular formula is C24H27N5O3. The Kier molecular flexibility index (Phi) is 6.32. The number of hydrogen-bond donors (Lipinski definition) is 0. The van der Waals surface area contributed by atoms with Crippen LogP contribution in [-0.2, 0) is 27.3 Å². The van der Waals surface area contributed by atoms with E-state index >= 15 is 0 Å². The summed E-state index contributed by atoms with van der Waals surface area (Å²) in [6.07, 6.45) is 3.62. The molecular weight excluding hydrogens is 406 g/mol. The van der Waals surface area contributed by atoms with Crippen molar-refractivity contribution in [3.05, 3.63) is 77.9 Å². The molecule has 1 amide bonds. The van der Waals surface area contributed by atoms with Crippen molar-refractivity contribution >= 4 is 11.9 Å². The Labute approximate surface area is 187 Å². The highest BCUT2D eigenvalue weighted by Gasteiger charge is 2.35. The van der Waals surface area contributed by atoms with E-state index in [0.29, 0.717) is 13.0 Å². The molecule has 2 unspecified atom stereocenters. The Balaban J connectivity index is 1.46. The third-order valence-corrected chi connectivity index (χ3v) is 6.15. The molecule has 1 aliphatic rings. The Morgan fingerprint density at radius 3 is 2.53 bits per heavy atom. The molecule has 0 N–H and O–H groups in total. The van der Waals surface area contributed by atoms with Gasteiger partial charge in [0, 0.05) is 19.0 Å². The van der Waals surface area contributed by atoms with Gasteiger partial charge in [0.2, 0.25) is 5.91 Å². The third-order valence-electron chi connectivity index (χ3n) is 6.15. The largest absolute Gasteiger partial charge is 0.467 e. The number of carbonyl (C=O) groups is 2. The van der Waals surface area contributed by atoms with Crippen molar-refractivity contribution in [3.63, 3.8) is 0 Å². The summed E-state index contributed by atoms with van der Waals surface area (Å²) in [5, 5.41) is 4.14. The number of rotatable bonds is 6. The summed E-state index contributed by atoms with van der Waals surface area (Å²) in [5.41, 5.74) is 4.16. The quantitative estimate of drug-likeness (QED) is 0.556. The van der Waals surface area contributed by atoms with E-state index < -0.39 is 6.04 Å². The molecule has 1 aliphatic heterocycles. The van der Waals surface area contributed by atoms with Crippen LogP contribution >= 0.6 is 0 Å². The van der Waals surface area contributed by atoms with Crippen molar-refractivity contribution in [2.75, 3.05) is 20.7 Å². The Morgan fingerprint density at radius 2 is 1.88 bits per heavy atom. The summed E-state index contributed by atoms with van der Waals surface area (Å²) >= 11 is 0. The number of aromatic nitrogens is 3. The minimum Gasteiger partial charge on any atom is -0.467 e. The fourth-order valence-corrected chi connectivity index (χ4v) is 4.07. The van der Waals surface area contributed by atoms with Gasteiger partial charge in [0.15, 0.2) is 0 Å². The first-order valence-electron chi connectivity index (χ1n) is 10.6. The number of hydrogen-bond acceptors (Lipinski definition) is 6. The first kappa shape index (κ1) is 21.7. The number of likely N-dealkylation sites (N-methyl/N-ethyl adjacent to an activating group) is 1. The lowest BCUT2D eigenvalue weighted by Gasteiger charge is -2.36. The van der Waals surface area contributed by atoms with Crippen molar-refractivity contribution in [2.45, 2.75) is 32.0 Å². The number of nitrogens with zero attached hydrogens (tertiary/aromatic N) is 5. The highest BCUT2D eigenvalue weighted by molar-refractivity contribution is 5.86. The topological polar surface area (TPSA) is 80.6 Å². The SMILES string of the molecule is COC(=O)C1Cc2ccccc2CN1C(=O)CN(C)C(C)c1ccc(-n2cncn2)cc1. The van der Waals surface area contributed by atoms with Crippen LogP contribution < -0.4 is 0 Å². The second kappa shape index (κ2) is 9.32. The van der Waals surface area contributed by atoms with Gasteiger partial charge in [0.05, 0.1) is 19.3 Å². The fourth-order valence-electron chi connectivity index (χ4n) is 4.07. The summed E-state index contributed by atoms with van der Waals surface area (Å²) in [5.74, 6) is -0.476. The minimum absolute atomic E-state index is 0.0115. The number of amides is 1. The molecule has 8 heteroatoms. The number of ether oxygens (including phenoxy) is 1. The summed E-state index contributed by atoms with van der Waals surface area (Å²) in [7, 11) is 3.28. The summed E-state index contributed by atoms with van der Waals surface area (Å²) in [6.45, 7) is 2.66. The van der Waals surface area contributed by atoms with Crippen LogP contribution in [0.3, 0.4) is 0 Å². The predicted molar refractivity (Wildman–Crippen MR) is 119 cm³/mol. The molecule has 0 spiro atoms. The van der Waals surface area contributed by atoms with Gasteiger partial charge < -0.3 is 9.64 Å². The van der Waals surface area contributed by atoms with Crippen molar-refractivity contribution in [1.82, 2.24) is 24.6 Å². The molecule has 0 saturated heterocycles. The molecule has 0 saturated carbocycles. The van der Waals surface area contributed by atoms with Gasteiger partial charge in [0.25, 0.3) is 0 Å². The zero-order valence-corrected chi connectivity index (χ0v) is 18.5. The van der Waals surface area contributed by atoms with Gasteiger partial charge >= 0.3 is 5.97 Å². The van der Waals surface area contributed by atoms with Crippen LogP contribution in [0.2, 0.25) is 0 Å². The molecule has 2 aromatic carbocycles. The van der Waals surface area contributed by atoms with Crippen LogP contribution in [0.25, 0.3) is 5.69 Å². The Morgan fingerprint density at radius 1 is 1.16 bits per heavy atom. The first-order valence-corrected chi connectivity index (χ1v) is 10.6. The normalized spacial score (nSPS) is 16.5. The van der Waals surface area contributed by atoms with Gasteiger partial charge in [-0.2, -0.15) is 5.10 Å². The zero-order valence-electron chi connectivity index (χ0n) is 18.5. The fraction of sp³-hybridized carbons (Fsp3) is 0.333. The van der Waals surface area contributed by atoms with E-state index in [1.54, 1.807) is 15.9 Å².